The lowest BCUT2D eigenvalue weighted by Crippen LogP contribution is -2.44. The third kappa shape index (κ3) is 8.11. The second-order valence-corrected chi connectivity index (χ2v) is 8.05. The average molecular weight is 408 g/mol. The fourth-order valence-electron chi connectivity index (χ4n) is 3.73. The molecule has 1 aliphatic heterocycles. The van der Waals surface area contributed by atoms with Crippen molar-refractivity contribution in [3.63, 3.8) is 0 Å². The number of likely N-dealkylation sites (N-methyl/N-ethyl adjacent to an activating group) is 1. The molecule has 6 nitrogen and oxygen atoms in total. The highest BCUT2D eigenvalue weighted by molar-refractivity contribution is 5.81. The summed E-state index contributed by atoms with van der Waals surface area (Å²) in [6, 6.07) is 6.90. The number of hydrogen-bond donors (Lipinski definition) is 0. The minimum absolute atomic E-state index is 0.0107. The van der Waals surface area contributed by atoms with Gasteiger partial charge in [-0.3, -0.25) is 14.5 Å². The Morgan fingerprint density at radius 3 is 2.66 bits per heavy atom. The number of esters is 1. The molecule has 2 rings (SSSR count). The van der Waals surface area contributed by atoms with Gasteiger partial charge in [-0.05, 0) is 45.5 Å². The Bertz CT molecular complexity index is 668. The van der Waals surface area contributed by atoms with Crippen molar-refractivity contribution in [3.05, 3.63) is 35.6 Å². The molecule has 1 aromatic carbocycles. The fraction of sp³-hybridized carbons (Fsp3) is 0.636. The Balaban J connectivity index is 1.94. The summed E-state index contributed by atoms with van der Waals surface area (Å²) in [4.78, 5) is 30.3. The Labute approximate surface area is 173 Å². The zero-order valence-electron chi connectivity index (χ0n) is 17.9. The second kappa shape index (κ2) is 11.9. The number of rotatable bonds is 10. The summed E-state index contributed by atoms with van der Waals surface area (Å²) in [7, 11) is 5.30. The van der Waals surface area contributed by atoms with Gasteiger partial charge >= 0.3 is 5.97 Å². The Morgan fingerprint density at radius 1 is 1.21 bits per heavy atom. The van der Waals surface area contributed by atoms with Crippen LogP contribution in [-0.2, 0) is 20.9 Å². The number of benzene rings is 1. The number of halogens is 1. The van der Waals surface area contributed by atoms with E-state index in [4.69, 9.17) is 0 Å². The molecule has 0 unspecified atom stereocenters. The minimum atomic E-state index is -0.361. The van der Waals surface area contributed by atoms with E-state index in [1.54, 1.807) is 6.07 Å². The van der Waals surface area contributed by atoms with Crippen LogP contribution in [0, 0.1) is 11.7 Å². The van der Waals surface area contributed by atoms with Crippen LogP contribution in [0.3, 0.4) is 0 Å². The normalized spacial score (nSPS) is 17.3. The maximum atomic E-state index is 14.0. The molecule has 0 saturated carbocycles. The van der Waals surface area contributed by atoms with Crippen molar-refractivity contribution in [2.45, 2.75) is 32.2 Å². The van der Waals surface area contributed by atoms with Gasteiger partial charge in [0.2, 0.25) is 5.91 Å². The molecule has 7 heteroatoms. The average Bonchev–Trinajstić information content (AvgIpc) is 2.71. The van der Waals surface area contributed by atoms with E-state index in [9.17, 15) is 14.0 Å². The van der Waals surface area contributed by atoms with Crippen molar-refractivity contribution in [2.24, 2.45) is 5.92 Å². The highest BCUT2D eigenvalue weighted by Gasteiger charge is 2.25. The third-order valence-electron chi connectivity index (χ3n) is 5.37. The molecule has 29 heavy (non-hydrogen) atoms. The molecule has 1 heterocycles. The van der Waals surface area contributed by atoms with Crippen LogP contribution in [-0.4, -0.2) is 80.5 Å². The molecule has 1 saturated heterocycles. The maximum absolute atomic E-state index is 14.0. The first-order valence-electron chi connectivity index (χ1n) is 10.3. The number of methoxy groups -OCH3 is 1. The summed E-state index contributed by atoms with van der Waals surface area (Å²) in [6.07, 6.45) is 2.37. The topological polar surface area (TPSA) is 53.1 Å². The summed E-state index contributed by atoms with van der Waals surface area (Å²) in [6.45, 7) is 4.46. The highest BCUT2D eigenvalue weighted by Crippen LogP contribution is 2.21. The van der Waals surface area contributed by atoms with Crippen LogP contribution in [0.5, 0.6) is 0 Å². The van der Waals surface area contributed by atoms with Crippen LogP contribution < -0.4 is 0 Å². The smallest absolute Gasteiger partial charge is 0.306 e. The lowest BCUT2D eigenvalue weighted by atomic mass is 9.96. The first-order valence-corrected chi connectivity index (χ1v) is 10.3. The Morgan fingerprint density at radius 2 is 1.97 bits per heavy atom. The largest absolute Gasteiger partial charge is 0.469 e. The van der Waals surface area contributed by atoms with Crippen LogP contribution in [0.25, 0.3) is 0 Å². The van der Waals surface area contributed by atoms with Gasteiger partial charge in [0, 0.05) is 44.7 Å². The van der Waals surface area contributed by atoms with E-state index >= 15 is 0 Å². The van der Waals surface area contributed by atoms with E-state index in [1.807, 2.05) is 36.0 Å². The van der Waals surface area contributed by atoms with Gasteiger partial charge in [-0.2, -0.15) is 0 Å². The van der Waals surface area contributed by atoms with Crippen molar-refractivity contribution in [3.8, 4) is 0 Å². The van der Waals surface area contributed by atoms with Crippen LogP contribution >= 0.6 is 0 Å². The summed E-state index contributed by atoms with van der Waals surface area (Å²) in [5, 5.41) is 0. The summed E-state index contributed by atoms with van der Waals surface area (Å²) >= 11 is 0. The van der Waals surface area contributed by atoms with Gasteiger partial charge in [0.1, 0.15) is 5.82 Å². The number of carbonyl (C=O) groups is 2. The van der Waals surface area contributed by atoms with Gasteiger partial charge in [-0.15, -0.1) is 0 Å². The zero-order chi connectivity index (χ0) is 21.2. The molecule has 1 aliphatic rings. The van der Waals surface area contributed by atoms with E-state index in [0.29, 0.717) is 31.1 Å². The number of nitrogens with zero attached hydrogens (tertiary/aromatic N) is 3. The summed E-state index contributed by atoms with van der Waals surface area (Å²) in [5.41, 5.74) is 0.715. The van der Waals surface area contributed by atoms with Crippen LogP contribution in [0.15, 0.2) is 24.3 Å². The predicted molar refractivity (Wildman–Crippen MR) is 111 cm³/mol. The molecule has 0 N–H and O–H groups in total. The molecule has 0 spiro atoms. The molecule has 1 amide bonds. The van der Waals surface area contributed by atoms with E-state index < -0.39 is 0 Å². The van der Waals surface area contributed by atoms with Crippen molar-refractivity contribution in [2.75, 3.05) is 53.9 Å². The van der Waals surface area contributed by atoms with Gasteiger partial charge in [-0.1, -0.05) is 18.2 Å². The molecule has 0 aliphatic carbocycles. The Kier molecular flexibility index (Phi) is 9.54. The van der Waals surface area contributed by atoms with Gasteiger partial charge in [0.25, 0.3) is 0 Å². The van der Waals surface area contributed by atoms with Gasteiger partial charge in [-0.25, -0.2) is 4.39 Å². The summed E-state index contributed by atoms with van der Waals surface area (Å²) < 4.78 is 18.6. The molecule has 162 valence electrons. The SMILES string of the molecule is COC(=O)CCC(=O)N(CCN(C)C)C[C@H]1CCCN(Cc2ccccc2F)C1. The quantitative estimate of drug-likeness (QED) is 0.558. The lowest BCUT2D eigenvalue weighted by molar-refractivity contribution is -0.143. The molecule has 1 aromatic rings. The van der Waals surface area contributed by atoms with Crippen molar-refractivity contribution in [1.29, 1.82) is 0 Å². The monoisotopic (exact) mass is 407 g/mol. The van der Waals surface area contributed by atoms with Crippen molar-refractivity contribution >= 4 is 11.9 Å². The number of hydrogen-bond acceptors (Lipinski definition) is 5. The van der Waals surface area contributed by atoms with Crippen LogP contribution in [0.1, 0.15) is 31.2 Å². The third-order valence-corrected chi connectivity index (χ3v) is 5.37. The minimum Gasteiger partial charge on any atom is -0.469 e. The first kappa shape index (κ1) is 23.3. The number of amides is 1. The summed E-state index contributed by atoms with van der Waals surface area (Å²) in [5.74, 6) is -0.192. The second-order valence-electron chi connectivity index (χ2n) is 8.05. The van der Waals surface area contributed by atoms with Crippen LogP contribution in [0.2, 0.25) is 0 Å². The van der Waals surface area contributed by atoms with Gasteiger partial charge < -0.3 is 14.5 Å². The molecule has 0 aromatic heterocycles. The standard InChI is InChI=1S/C22H34FN3O3/c1-24(2)13-14-26(21(27)10-11-22(28)29-3)16-18-7-6-12-25(15-18)17-19-8-4-5-9-20(19)23/h4-5,8-9,18H,6-7,10-17H2,1-3H3/t18-/m0/s1. The van der Waals surface area contributed by atoms with E-state index in [1.165, 1.54) is 13.2 Å². The number of ether oxygens (including phenoxy) is 1. The molecule has 1 atom stereocenters. The number of likely N-dealkylation sites (tertiary alicyclic amines) is 1. The number of piperidine rings is 1. The van der Waals surface area contributed by atoms with Gasteiger partial charge in [0.15, 0.2) is 0 Å². The predicted octanol–water partition coefficient (Wildman–Crippen LogP) is 2.38. The Hall–Kier alpha value is -1.99. The first-order chi connectivity index (χ1) is 13.9. The molecule has 0 bridgehead atoms. The van der Waals surface area contributed by atoms with Gasteiger partial charge in [0.05, 0.1) is 13.5 Å². The van der Waals surface area contributed by atoms with Crippen molar-refractivity contribution in [1.82, 2.24) is 14.7 Å². The van der Waals surface area contributed by atoms with E-state index in [2.05, 4.69) is 9.64 Å². The highest BCUT2D eigenvalue weighted by atomic mass is 19.1. The van der Waals surface area contributed by atoms with Crippen LogP contribution in [0.4, 0.5) is 4.39 Å². The van der Waals surface area contributed by atoms with E-state index in [-0.39, 0.29) is 30.5 Å². The molecule has 1 fully saturated rings. The fourth-order valence-corrected chi connectivity index (χ4v) is 3.73. The maximum Gasteiger partial charge on any atom is 0.306 e. The molecule has 0 radical (unpaired) electrons. The lowest BCUT2D eigenvalue weighted by Gasteiger charge is -2.36. The zero-order valence-corrected chi connectivity index (χ0v) is 17.9. The molecular weight excluding hydrogens is 373 g/mol. The van der Waals surface area contributed by atoms with E-state index in [0.717, 1.165) is 32.5 Å². The number of carbonyl (C=O) groups excluding carboxylic acids is 2. The van der Waals surface area contributed by atoms with Crippen molar-refractivity contribution < 1.29 is 18.7 Å². The molecular formula is C22H34FN3O3.